The fourth-order valence-corrected chi connectivity index (χ4v) is 2.46. The Morgan fingerprint density at radius 1 is 0.895 bits per heavy atom. The number of nitrogens with two attached hydrogens (primary N) is 1. The second-order valence-electron chi connectivity index (χ2n) is 5.55. The van der Waals surface area contributed by atoms with Gasteiger partial charge in [-0.3, -0.25) is 0 Å². The van der Waals surface area contributed by atoms with Crippen molar-refractivity contribution in [3.8, 4) is 0 Å². The molecule has 0 fully saturated rings. The maximum atomic E-state index is 6.44. The summed E-state index contributed by atoms with van der Waals surface area (Å²) in [6.45, 7) is 4.49. The average molecular weight is 336 g/mol. The van der Waals surface area contributed by atoms with Gasteiger partial charge >= 0.3 is 0 Å². The maximum Gasteiger partial charge on any atom is 0.122 e. The Morgan fingerprint density at radius 2 is 1.26 bits per heavy atom. The molecule has 0 aliphatic carbocycles. The van der Waals surface area contributed by atoms with E-state index < -0.39 is 0 Å². The lowest BCUT2D eigenvalue weighted by Crippen LogP contribution is -2.31. The van der Waals surface area contributed by atoms with E-state index in [-0.39, 0.29) is 17.0 Å². The van der Waals surface area contributed by atoms with Crippen molar-refractivity contribution in [2.75, 3.05) is 28.2 Å². The van der Waals surface area contributed by atoms with Gasteiger partial charge in [0.05, 0.1) is 5.70 Å². The molecular formula is C15H34BrN3. The standard InChI is InChI=1S/C15H33N3.BrH/c1-7-9-11-13(12-10-8-2)14(16)15(17(3)4)18(5)6;/h13H,7-12,16H2,1-6H3;1H. The van der Waals surface area contributed by atoms with Gasteiger partial charge in [0.25, 0.3) is 0 Å². The van der Waals surface area contributed by atoms with Gasteiger partial charge in [0, 0.05) is 34.1 Å². The molecule has 0 unspecified atom stereocenters. The van der Waals surface area contributed by atoms with Crippen LogP contribution in [0.2, 0.25) is 0 Å². The van der Waals surface area contributed by atoms with Crippen LogP contribution < -0.4 is 5.73 Å². The van der Waals surface area contributed by atoms with Crippen molar-refractivity contribution < 1.29 is 0 Å². The van der Waals surface area contributed by atoms with Gasteiger partial charge in [-0.15, -0.1) is 17.0 Å². The number of nitrogens with zero attached hydrogens (tertiary/aromatic N) is 2. The molecule has 2 N–H and O–H groups in total. The minimum atomic E-state index is 0. The van der Waals surface area contributed by atoms with Gasteiger partial charge < -0.3 is 15.5 Å². The molecule has 3 nitrogen and oxygen atoms in total. The topological polar surface area (TPSA) is 32.5 Å². The Kier molecular flexibility index (Phi) is 12.6. The van der Waals surface area contributed by atoms with Crippen LogP contribution in [-0.2, 0) is 0 Å². The molecule has 0 spiro atoms. The third kappa shape index (κ3) is 7.71. The second-order valence-corrected chi connectivity index (χ2v) is 5.55. The number of hydrogen-bond acceptors (Lipinski definition) is 3. The van der Waals surface area contributed by atoms with Crippen molar-refractivity contribution in [1.29, 1.82) is 0 Å². The zero-order valence-corrected chi connectivity index (χ0v) is 15.4. The van der Waals surface area contributed by atoms with E-state index >= 15 is 0 Å². The van der Waals surface area contributed by atoms with Crippen molar-refractivity contribution in [2.45, 2.75) is 52.4 Å². The first-order valence-electron chi connectivity index (χ1n) is 7.29. The molecule has 116 valence electrons. The quantitative estimate of drug-likeness (QED) is 0.695. The highest BCUT2D eigenvalue weighted by atomic mass is 79.9. The molecule has 0 heterocycles. The Bertz CT molecular complexity index is 232. The molecule has 0 aromatic carbocycles. The van der Waals surface area contributed by atoms with Crippen LogP contribution in [-0.4, -0.2) is 38.0 Å². The lowest BCUT2D eigenvalue weighted by atomic mass is 9.92. The summed E-state index contributed by atoms with van der Waals surface area (Å²) >= 11 is 0. The summed E-state index contributed by atoms with van der Waals surface area (Å²) in [6.07, 6.45) is 7.46. The van der Waals surface area contributed by atoms with E-state index in [1.807, 2.05) is 0 Å². The van der Waals surface area contributed by atoms with Crippen molar-refractivity contribution in [1.82, 2.24) is 9.80 Å². The molecule has 0 aliphatic heterocycles. The van der Waals surface area contributed by atoms with E-state index in [0.29, 0.717) is 5.92 Å². The SMILES string of the molecule is Br.CCCCC(CCCC)C(N)=C(N(C)C)N(C)C. The highest BCUT2D eigenvalue weighted by molar-refractivity contribution is 8.93. The number of rotatable bonds is 9. The molecular weight excluding hydrogens is 302 g/mol. The van der Waals surface area contributed by atoms with Gasteiger partial charge in [0.1, 0.15) is 5.82 Å². The number of allylic oxidation sites excluding steroid dienone is 1. The number of unbranched alkanes of at least 4 members (excludes halogenated alkanes) is 2. The number of hydrogen-bond donors (Lipinski definition) is 1. The van der Waals surface area contributed by atoms with Gasteiger partial charge in [-0.05, 0) is 12.8 Å². The zero-order chi connectivity index (χ0) is 14.1. The lowest BCUT2D eigenvalue weighted by Gasteiger charge is -2.30. The monoisotopic (exact) mass is 335 g/mol. The van der Waals surface area contributed by atoms with Crippen molar-refractivity contribution in [3.05, 3.63) is 11.5 Å². The van der Waals surface area contributed by atoms with Gasteiger partial charge in [0.2, 0.25) is 0 Å². The Labute approximate surface area is 131 Å². The van der Waals surface area contributed by atoms with Gasteiger partial charge in [-0.25, -0.2) is 0 Å². The molecule has 0 saturated carbocycles. The molecule has 4 heteroatoms. The van der Waals surface area contributed by atoms with Crippen LogP contribution in [0.25, 0.3) is 0 Å². The van der Waals surface area contributed by atoms with Gasteiger partial charge in [-0.1, -0.05) is 39.5 Å². The molecule has 0 saturated heterocycles. The predicted octanol–water partition coefficient (Wildman–Crippen LogP) is 3.81. The molecule has 0 aromatic heterocycles. The molecule has 0 aliphatic rings. The summed E-state index contributed by atoms with van der Waals surface area (Å²) in [5, 5.41) is 0. The van der Waals surface area contributed by atoms with E-state index in [2.05, 4.69) is 51.8 Å². The smallest absolute Gasteiger partial charge is 0.122 e. The van der Waals surface area contributed by atoms with Crippen molar-refractivity contribution in [3.63, 3.8) is 0 Å². The Hall–Kier alpha value is -0.380. The summed E-state index contributed by atoms with van der Waals surface area (Å²) in [5.41, 5.74) is 7.50. The Balaban J connectivity index is 0. The van der Waals surface area contributed by atoms with Gasteiger partial charge in [-0.2, -0.15) is 0 Å². The minimum absolute atomic E-state index is 0. The minimum Gasteiger partial charge on any atom is -0.399 e. The first-order chi connectivity index (χ1) is 8.45. The van der Waals surface area contributed by atoms with Crippen molar-refractivity contribution >= 4 is 17.0 Å². The largest absolute Gasteiger partial charge is 0.399 e. The van der Waals surface area contributed by atoms with E-state index in [1.54, 1.807) is 0 Å². The summed E-state index contributed by atoms with van der Waals surface area (Å²) in [4.78, 5) is 4.25. The van der Waals surface area contributed by atoms with Crippen LogP contribution in [0.5, 0.6) is 0 Å². The van der Waals surface area contributed by atoms with Crippen LogP contribution in [0, 0.1) is 5.92 Å². The molecule has 0 amide bonds. The normalized spacial score (nSPS) is 10.1. The first-order valence-corrected chi connectivity index (χ1v) is 7.29. The van der Waals surface area contributed by atoms with Gasteiger partial charge in [0.15, 0.2) is 0 Å². The van der Waals surface area contributed by atoms with Crippen LogP contribution >= 0.6 is 17.0 Å². The summed E-state index contributed by atoms with van der Waals surface area (Å²) in [7, 11) is 8.27. The molecule has 19 heavy (non-hydrogen) atoms. The second kappa shape index (κ2) is 11.4. The lowest BCUT2D eigenvalue weighted by molar-refractivity contribution is 0.319. The molecule has 0 aromatic rings. The number of halogens is 1. The summed E-state index contributed by atoms with van der Waals surface area (Å²) in [5.74, 6) is 1.69. The van der Waals surface area contributed by atoms with E-state index in [9.17, 15) is 0 Å². The molecule has 0 bridgehead atoms. The van der Waals surface area contributed by atoms with Crippen LogP contribution in [0.1, 0.15) is 52.4 Å². The van der Waals surface area contributed by atoms with E-state index in [0.717, 1.165) is 11.5 Å². The Morgan fingerprint density at radius 3 is 1.53 bits per heavy atom. The summed E-state index contributed by atoms with van der Waals surface area (Å²) < 4.78 is 0. The average Bonchev–Trinajstić information content (AvgIpc) is 2.28. The highest BCUT2D eigenvalue weighted by Gasteiger charge is 2.17. The molecule has 0 radical (unpaired) electrons. The first kappa shape index (κ1) is 20.9. The molecule has 0 atom stereocenters. The highest BCUT2D eigenvalue weighted by Crippen LogP contribution is 2.24. The maximum absolute atomic E-state index is 6.44. The van der Waals surface area contributed by atoms with E-state index in [4.69, 9.17) is 5.73 Å². The third-order valence-corrected chi connectivity index (χ3v) is 3.36. The fraction of sp³-hybridized carbons (Fsp3) is 0.867. The predicted molar refractivity (Wildman–Crippen MR) is 91.4 cm³/mol. The van der Waals surface area contributed by atoms with Crippen LogP contribution in [0.15, 0.2) is 11.5 Å². The summed E-state index contributed by atoms with van der Waals surface area (Å²) in [6, 6.07) is 0. The van der Waals surface area contributed by atoms with Crippen molar-refractivity contribution in [2.24, 2.45) is 11.7 Å². The fourth-order valence-electron chi connectivity index (χ4n) is 2.46. The third-order valence-electron chi connectivity index (χ3n) is 3.36. The van der Waals surface area contributed by atoms with E-state index in [1.165, 1.54) is 38.5 Å². The van der Waals surface area contributed by atoms with Crippen LogP contribution in [0.3, 0.4) is 0 Å². The molecule has 0 rings (SSSR count). The van der Waals surface area contributed by atoms with Crippen LogP contribution in [0.4, 0.5) is 0 Å². The zero-order valence-electron chi connectivity index (χ0n) is 13.7.